The molecule has 106 valence electrons. The Morgan fingerprint density at radius 3 is 3.00 bits per heavy atom. The van der Waals surface area contributed by atoms with Gasteiger partial charge in [0, 0.05) is 35.4 Å². The van der Waals surface area contributed by atoms with Gasteiger partial charge >= 0.3 is 0 Å². The van der Waals surface area contributed by atoms with Crippen LogP contribution in [0.4, 0.5) is 0 Å². The van der Waals surface area contributed by atoms with E-state index in [1.54, 1.807) is 16.8 Å². The molecule has 2 nitrogen and oxygen atoms in total. The molecule has 0 saturated carbocycles. The maximum atomic E-state index is 6.36. The number of rotatable bonds is 0. The van der Waals surface area contributed by atoms with E-state index in [1.165, 1.54) is 18.4 Å². The highest BCUT2D eigenvalue weighted by Crippen LogP contribution is 2.55. The van der Waals surface area contributed by atoms with Gasteiger partial charge in [0.25, 0.3) is 0 Å². The van der Waals surface area contributed by atoms with E-state index in [9.17, 15) is 0 Å². The molecule has 2 aliphatic heterocycles. The lowest BCUT2D eigenvalue weighted by molar-refractivity contribution is 0.175. The average Bonchev–Trinajstić information content (AvgIpc) is 2.71. The first kappa shape index (κ1) is 12.7. The van der Waals surface area contributed by atoms with E-state index in [4.69, 9.17) is 11.6 Å². The van der Waals surface area contributed by atoms with Crippen molar-refractivity contribution in [3.8, 4) is 0 Å². The largest absolute Gasteiger partial charge is 0.374 e. The number of allylic oxidation sites excluding steroid dienone is 4. The van der Waals surface area contributed by atoms with Crippen LogP contribution in [-0.4, -0.2) is 30.7 Å². The van der Waals surface area contributed by atoms with Crippen LogP contribution in [0.5, 0.6) is 0 Å². The molecule has 0 aromatic carbocycles. The van der Waals surface area contributed by atoms with Crippen molar-refractivity contribution in [2.75, 3.05) is 13.6 Å². The first-order valence-corrected chi connectivity index (χ1v) is 7.96. The molecule has 20 heavy (non-hydrogen) atoms. The fraction of sp³-hybridized carbons (Fsp3) is 0.588. The van der Waals surface area contributed by atoms with E-state index in [1.807, 2.05) is 0 Å². The van der Waals surface area contributed by atoms with Gasteiger partial charge in [-0.05, 0) is 42.4 Å². The summed E-state index contributed by atoms with van der Waals surface area (Å²) in [5.74, 6) is 0.585. The summed E-state index contributed by atoms with van der Waals surface area (Å²) in [5, 5.41) is 0.866. The molecule has 0 N–H and O–H groups in total. The van der Waals surface area contributed by atoms with Gasteiger partial charge in [-0.25, -0.2) is 0 Å². The first-order chi connectivity index (χ1) is 9.52. The lowest BCUT2D eigenvalue weighted by Gasteiger charge is -2.45. The smallest absolute Gasteiger partial charge is 0.0743 e. The molecular formula is C17H21ClN2. The number of hydrogen-bond acceptors (Lipinski definition) is 2. The quantitative estimate of drug-likeness (QED) is 0.660. The Bertz CT molecular complexity index is 610. The first-order valence-electron chi connectivity index (χ1n) is 7.58. The number of likely N-dealkylation sites (tertiary alicyclic amines) is 1. The zero-order valence-electron chi connectivity index (χ0n) is 12.4. The van der Waals surface area contributed by atoms with Gasteiger partial charge in [-0.15, -0.1) is 0 Å². The van der Waals surface area contributed by atoms with Crippen molar-refractivity contribution in [1.29, 1.82) is 0 Å². The molecule has 0 radical (unpaired) electrons. The third-order valence-electron chi connectivity index (χ3n) is 6.02. The van der Waals surface area contributed by atoms with Gasteiger partial charge < -0.3 is 4.90 Å². The topological polar surface area (TPSA) is 15.6 Å². The number of nitrogens with zero attached hydrogens (tertiary/aromatic N) is 2. The minimum absolute atomic E-state index is 0.0794. The van der Waals surface area contributed by atoms with Gasteiger partial charge in [0.05, 0.1) is 6.54 Å². The average molecular weight is 289 g/mol. The monoisotopic (exact) mass is 288 g/mol. The molecule has 3 atom stereocenters. The van der Waals surface area contributed by atoms with Crippen LogP contribution in [0.1, 0.15) is 33.1 Å². The molecule has 3 unspecified atom stereocenters. The standard InChI is InChI=1S/C17H21ClN2/c1-10-16-7-13-12-6-11(18)8-19-9-17(10,2)14(12)4-5-15(13)20(16)3/h6,9-10,16H,4-5,7-8H2,1-3H3/b11-6+,19-9?. The predicted octanol–water partition coefficient (Wildman–Crippen LogP) is 3.90. The molecule has 0 aromatic rings. The molecule has 2 aliphatic carbocycles. The number of hydrogen-bond donors (Lipinski definition) is 0. The fourth-order valence-corrected chi connectivity index (χ4v) is 4.85. The molecule has 5 bridgehead atoms. The minimum Gasteiger partial charge on any atom is -0.374 e. The van der Waals surface area contributed by atoms with Crippen molar-refractivity contribution < 1.29 is 0 Å². The second kappa shape index (κ2) is 4.00. The molecule has 2 heterocycles. The van der Waals surface area contributed by atoms with E-state index in [2.05, 4.69) is 43.1 Å². The number of aliphatic imine (C=N–C) groups is 1. The van der Waals surface area contributed by atoms with E-state index in [0.29, 0.717) is 18.5 Å². The second-order valence-corrected chi connectivity index (χ2v) is 7.32. The molecule has 0 fully saturated rings. The number of halogens is 1. The van der Waals surface area contributed by atoms with Gasteiger partial charge in [0.2, 0.25) is 0 Å². The normalized spacial score (nSPS) is 41.6. The highest BCUT2D eigenvalue weighted by atomic mass is 35.5. The highest BCUT2D eigenvalue weighted by Gasteiger charge is 2.49. The summed E-state index contributed by atoms with van der Waals surface area (Å²) in [7, 11) is 2.27. The summed E-state index contributed by atoms with van der Waals surface area (Å²) < 4.78 is 0. The molecule has 4 rings (SSSR count). The Labute approximate surface area is 125 Å². The summed E-state index contributed by atoms with van der Waals surface area (Å²) in [5.41, 5.74) is 6.20. The number of fused-ring (bicyclic) bond motifs is 1. The Hall–Kier alpha value is -1.02. The molecule has 0 amide bonds. The summed E-state index contributed by atoms with van der Waals surface area (Å²) in [6.07, 6.45) is 7.91. The lowest BCUT2D eigenvalue weighted by atomic mass is 9.66. The molecule has 0 aromatic heterocycles. The lowest BCUT2D eigenvalue weighted by Crippen LogP contribution is -2.44. The van der Waals surface area contributed by atoms with Crippen LogP contribution in [0.2, 0.25) is 0 Å². The summed E-state index contributed by atoms with van der Waals surface area (Å²) in [6.45, 7) is 5.41. The van der Waals surface area contributed by atoms with Crippen LogP contribution in [0, 0.1) is 11.3 Å². The molecule has 0 spiro atoms. The molecular weight excluding hydrogens is 268 g/mol. The zero-order chi connectivity index (χ0) is 14.1. The van der Waals surface area contributed by atoms with Gasteiger partial charge in [0.15, 0.2) is 0 Å². The Morgan fingerprint density at radius 1 is 1.40 bits per heavy atom. The maximum Gasteiger partial charge on any atom is 0.0743 e. The van der Waals surface area contributed by atoms with Crippen molar-refractivity contribution in [2.45, 2.75) is 39.2 Å². The third-order valence-corrected chi connectivity index (χ3v) is 6.25. The highest BCUT2D eigenvalue weighted by molar-refractivity contribution is 6.30. The Balaban J connectivity index is 2.05. The molecule has 0 saturated heterocycles. The van der Waals surface area contributed by atoms with Crippen molar-refractivity contribution in [3.63, 3.8) is 0 Å². The Morgan fingerprint density at radius 2 is 2.20 bits per heavy atom. The van der Waals surface area contributed by atoms with Crippen molar-refractivity contribution >= 4 is 17.8 Å². The van der Waals surface area contributed by atoms with Crippen molar-refractivity contribution in [2.24, 2.45) is 16.3 Å². The van der Waals surface area contributed by atoms with Crippen molar-refractivity contribution in [1.82, 2.24) is 4.90 Å². The van der Waals surface area contributed by atoms with Crippen LogP contribution in [0.3, 0.4) is 0 Å². The Kier molecular flexibility index (Phi) is 2.54. The molecule has 4 aliphatic rings. The van der Waals surface area contributed by atoms with E-state index < -0.39 is 0 Å². The van der Waals surface area contributed by atoms with E-state index in [-0.39, 0.29) is 5.41 Å². The summed E-state index contributed by atoms with van der Waals surface area (Å²) in [6, 6.07) is 0.606. The van der Waals surface area contributed by atoms with Crippen LogP contribution in [0.15, 0.2) is 38.5 Å². The van der Waals surface area contributed by atoms with Crippen LogP contribution < -0.4 is 0 Å². The summed E-state index contributed by atoms with van der Waals surface area (Å²) in [4.78, 5) is 7.16. The fourth-order valence-electron chi connectivity index (χ4n) is 4.67. The van der Waals surface area contributed by atoms with Gasteiger partial charge in [-0.2, -0.15) is 0 Å². The zero-order valence-corrected chi connectivity index (χ0v) is 13.2. The predicted molar refractivity (Wildman–Crippen MR) is 84.0 cm³/mol. The van der Waals surface area contributed by atoms with Crippen molar-refractivity contribution in [3.05, 3.63) is 33.5 Å². The third kappa shape index (κ3) is 1.43. The van der Waals surface area contributed by atoms with Gasteiger partial charge in [-0.1, -0.05) is 31.0 Å². The molecule has 3 heteroatoms. The van der Waals surface area contributed by atoms with Gasteiger partial charge in [0.1, 0.15) is 0 Å². The minimum atomic E-state index is 0.0794. The van der Waals surface area contributed by atoms with Gasteiger partial charge in [-0.3, -0.25) is 4.99 Å². The maximum absolute atomic E-state index is 6.36. The van der Waals surface area contributed by atoms with E-state index >= 15 is 0 Å². The summed E-state index contributed by atoms with van der Waals surface area (Å²) >= 11 is 6.36. The SMILES string of the molecule is CC1C2CC3=C(CCC4=C3/C=C(/Cl)CN=CC41C)N2C. The van der Waals surface area contributed by atoms with Crippen LogP contribution >= 0.6 is 11.6 Å². The van der Waals surface area contributed by atoms with Crippen LogP contribution in [0.25, 0.3) is 0 Å². The van der Waals surface area contributed by atoms with E-state index in [0.717, 1.165) is 11.5 Å². The second-order valence-electron chi connectivity index (χ2n) is 6.83. The van der Waals surface area contributed by atoms with Crippen LogP contribution in [-0.2, 0) is 0 Å².